The zero-order valence-corrected chi connectivity index (χ0v) is 23.8. The largest absolute Gasteiger partial charge is 0.496 e. The number of hydrogen-bond donors (Lipinski definition) is 0. The number of allylic oxidation sites excluding steroid dienone is 1. The Morgan fingerprint density at radius 1 is 1.08 bits per heavy atom. The van der Waals surface area contributed by atoms with E-state index in [1.54, 1.807) is 25.5 Å². The lowest BCUT2D eigenvalue weighted by atomic mass is 9.95. The minimum absolute atomic E-state index is 0.218. The molecule has 0 amide bonds. The van der Waals surface area contributed by atoms with Crippen molar-refractivity contribution in [2.45, 2.75) is 40.7 Å². The lowest BCUT2D eigenvalue weighted by molar-refractivity contribution is -0.139. The molecular weight excluding hydrogens is 510 g/mol. The number of carbonyl (C=O) groups excluding carboxylic acids is 1. The second kappa shape index (κ2) is 10.5. The standard InChI is InChI=1S/C31H31N3O4S/c1-7-38-30(36)27-20(4)32-31-34(28(27)24-10-8-9-11-25(24)37-6)29(35)26(39-31)17-22-16-19(3)33(21(22)5)23-14-12-18(2)13-15-23/h8-17,28H,7H2,1-6H3/b26-17-. The summed E-state index contributed by atoms with van der Waals surface area (Å²) in [5.41, 5.74) is 6.66. The third-order valence-corrected chi connectivity index (χ3v) is 7.98. The monoisotopic (exact) mass is 541 g/mol. The Kier molecular flexibility index (Phi) is 7.14. The smallest absolute Gasteiger partial charge is 0.338 e. The van der Waals surface area contributed by atoms with Crippen LogP contribution in [-0.4, -0.2) is 28.8 Å². The van der Waals surface area contributed by atoms with Crippen LogP contribution in [0.1, 0.15) is 48.0 Å². The van der Waals surface area contributed by atoms with Crippen molar-refractivity contribution in [3.63, 3.8) is 0 Å². The Hall–Kier alpha value is -4.17. The molecule has 3 heterocycles. The molecule has 0 N–H and O–H groups in total. The van der Waals surface area contributed by atoms with Gasteiger partial charge in [-0.2, -0.15) is 0 Å². The van der Waals surface area contributed by atoms with Crippen LogP contribution >= 0.6 is 11.3 Å². The van der Waals surface area contributed by atoms with E-state index < -0.39 is 12.0 Å². The summed E-state index contributed by atoms with van der Waals surface area (Å²) in [6.45, 7) is 9.93. The summed E-state index contributed by atoms with van der Waals surface area (Å²) in [7, 11) is 1.58. The van der Waals surface area contributed by atoms with E-state index in [0.717, 1.165) is 22.6 Å². The van der Waals surface area contributed by atoms with E-state index in [9.17, 15) is 9.59 Å². The van der Waals surface area contributed by atoms with Gasteiger partial charge in [-0.05, 0) is 70.5 Å². The Balaban J connectivity index is 1.71. The Morgan fingerprint density at radius 3 is 2.49 bits per heavy atom. The number of esters is 1. The number of methoxy groups -OCH3 is 1. The molecule has 0 radical (unpaired) electrons. The quantitative estimate of drug-likeness (QED) is 0.337. The minimum atomic E-state index is -0.724. The number of ether oxygens (including phenoxy) is 2. The van der Waals surface area contributed by atoms with Crippen molar-refractivity contribution in [3.8, 4) is 11.4 Å². The van der Waals surface area contributed by atoms with Crippen molar-refractivity contribution >= 4 is 23.4 Å². The maximum absolute atomic E-state index is 14.0. The van der Waals surface area contributed by atoms with Gasteiger partial charge >= 0.3 is 5.97 Å². The lowest BCUT2D eigenvalue weighted by Gasteiger charge is -2.25. The first kappa shape index (κ1) is 26.4. The van der Waals surface area contributed by atoms with Crippen molar-refractivity contribution in [3.05, 3.63) is 114 Å². The average molecular weight is 542 g/mol. The van der Waals surface area contributed by atoms with Gasteiger partial charge in [-0.25, -0.2) is 9.79 Å². The number of nitrogens with zero attached hydrogens (tertiary/aromatic N) is 3. The molecule has 0 saturated carbocycles. The molecule has 0 saturated heterocycles. The highest BCUT2D eigenvalue weighted by molar-refractivity contribution is 7.07. The molecule has 0 fully saturated rings. The third-order valence-electron chi connectivity index (χ3n) is 7.00. The first-order valence-electron chi connectivity index (χ1n) is 12.8. The van der Waals surface area contributed by atoms with Crippen LogP contribution in [0.25, 0.3) is 11.8 Å². The van der Waals surface area contributed by atoms with E-state index in [2.05, 4.69) is 60.7 Å². The highest BCUT2D eigenvalue weighted by Crippen LogP contribution is 2.35. The van der Waals surface area contributed by atoms with Gasteiger partial charge in [0.05, 0.1) is 29.5 Å². The fraction of sp³-hybridized carbons (Fsp3) is 0.258. The van der Waals surface area contributed by atoms with Crippen LogP contribution in [0, 0.1) is 20.8 Å². The summed E-state index contributed by atoms with van der Waals surface area (Å²) in [4.78, 5) is 32.4. The summed E-state index contributed by atoms with van der Waals surface area (Å²) >= 11 is 1.31. The van der Waals surface area contributed by atoms with Gasteiger partial charge in [-0.15, -0.1) is 0 Å². The topological polar surface area (TPSA) is 74.8 Å². The summed E-state index contributed by atoms with van der Waals surface area (Å²) in [5, 5.41) is 0. The van der Waals surface area contributed by atoms with Gasteiger partial charge in [0.1, 0.15) is 11.8 Å². The van der Waals surface area contributed by atoms with Gasteiger partial charge in [0, 0.05) is 22.6 Å². The Morgan fingerprint density at radius 2 is 1.79 bits per heavy atom. The molecule has 2 aromatic heterocycles. The highest BCUT2D eigenvalue weighted by atomic mass is 32.1. The molecule has 1 aliphatic rings. The van der Waals surface area contributed by atoms with Crippen LogP contribution in [0.2, 0.25) is 0 Å². The second-order valence-electron chi connectivity index (χ2n) is 9.54. The average Bonchev–Trinajstić information content (AvgIpc) is 3.37. The Bertz CT molecular complexity index is 1790. The molecule has 5 rings (SSSR count). The molecule has 200 valence electrons. The van der Waals surface area contributed by atoms with Crippen LogP contribution in [-0.2, 0) is 9.53 Å². The number of para-hydroxylation sites is 1. The summed E-state index contributed by atoms with van der Waals surface area (Å²) in [6.07, 6.45) is 1.92. The van der Waals surface area contributed by atoms with Crippen molar-refractivity contribution in [2.75, 3.05) is 13.7 Å². The van der Waals surface area contributed by atoms with E-state index in [4.69, 9.17) is 9.47 Å². The van der Waals surface area contributed by atoms with Crippen LogP contribution in [0.3, 0.4) is 0 Å². The van der Waals surface area contributed by atoms with Crippen molar-refractivity contribution in [2.24, 2.45) is 4.99 Å². The molecule has 2 aromatic carbocycles. The highest BCUT2D eigenvalue weighted by Gasteiger charge is 2.35. The zero-order valence-electron chi connectivity index (χ0n) is 22.9. The van der Waals surface area contributed by atoms with E-state index in [1.807, 2.05) is 30.3 Å². The molecule has 1 atom stereocenters. The molecule has 0 bridgehead atoms. The van der Waals surface area contributed by atoms with Gasteiger partial charge in [0.25, 0.3) is 5.56 Å². The van der Waals surface area contributed by atoms with E-state index >= 15 is 0 Å². The van der Waals surface area contributed by atoms with Gasteiger partial charge in [0.2, 0.25) is 0 Å². The fourth-order valence-corrected chi connectivity index (χ4v) is 6.18. The number of hydrogen-bond acceptors (Lipinski definition) is 6. The molecule has 1 aliphatic heterocycles. The van der Waals surface area contributed by atoms with E-state index in [0.29, 0.717) is 31.9 Å². The maximum atomic E-state index is 14.0. The summed E-state index contributed by atoms with van der Waals surface area (Å²) in [5.74, 6) is 0.0841. The van der Waals surface area contributed by atoms with Crippen LogP contribution in [0.4, 0.5) is 0 Å². The van der Waals surface area contributed by atoms with Crippen molar-refractivity contribution in [1.29, 1.82) is 0 Å². The molecule has 4 aromatic rings. The maximum Gasteiger partial charge on any atom is 0.338 e. The molecular formula is C31H31N3O4S. The molecule has 39 heavy (non-hydrogen) atoms. The minimum Gasteiger partial charge on any atom is -0.496 e. The molecule has 7 nitrogen and oxygen atoms in total. The van der Waals surface area contributed by atoms with Crippen molar-refractivity contribution in [1.82, 2.24) is 9.13 Å². The molecule has 0 spiro atoms. The normalized spacial score (nSPS) is 15.2. The lowest BCUT2D eigenvalue weighted by Crippen LogP contribution is -2.40. The van der Waals surface area contributed by atoms with E-state index in [-0.39, 0.29) is 12.2 Å². The number of fused-ring (bicyclic) bond motifs is 1. The SMILES string of the molecule is CCOC(=O)C1=C(C)N=c2s/c(=C\c3cc(C)n(-c4ccc(C)cc4)c3C)c(=O)n2C1c1ccccc1OC. The predicted octanol–water partition coefficient (Wildman–Crippen LogP) is 4.52. The first-order valence-corrected chi connectivity index (χ1v) is 13.6. The number of benzene rings is 2. The summed E-state index contributed by atoms with van der Waals surface area (Å²) < 4.78 is 15.3. The predicted molar refractivity (Wildman–Crippen MR) is 153 cm³/mol. The number of aryl methyl sites for hydroxylation is 2. The van der Waals surface area contributed by atoms with Crippen LogP contribution in [0.15, 0.2) is 75.7 Å². The number of rotatable bonds is 6. The third kappa shape index (κ3) is 4.65. The Labute approximate surface area is 231 Å². The molecule has 8 heteroatoms. The van der Waals surface area contributed by atoms with E-state index in [1.165, 1.54) is 16.9 Å². The number of carbonyl (C=O) groups is 1. The zero-order chi connectivity index (χ0) is 27.8. The number of aromatic nitrogens is 2. The van der Waals surface area contributed by atoms with Gasteiger partial charge < -0.3 is 14.0 Å². The van der Waals surface area contributed by atoms with Gasteiger partial charge in [-0.3, -0.25) is 9.36 Å². The first-order chi connectivity index (χ1) is 18.7. The van der Waals surface area contributed by atoms with Crippen LogP contribution in [0.5, 0.6) is 5.75 Å². The van der Waals surface area contributed by atoms with Gasteiger partial charge in [-0.1, -0.05) is 47.2 Å². The van der Waals surface area contributed by atoms with Gasteiger partial charge in [0.15, 0.2) is 4.80 Å². The summed E-state index contributed by atoms with van der Waals surface area (Å²) in [6, 6.07) is 17.2. The number of thiazole rings is 1. The fourth-order valence-electron chi connectivity index (χ4n) is 5.14. The second-order valence-corrected chi connectivity index (χ2v) is 10.6. The molecule has 0 aliphatic carbocycles. The van der Waals surface area contributed by atoms with Crippen molar-refractivity contribution < 1.29 is 14.3 Å². The van der Waals surface area contributed by atoms with Crippen LogP contribution < -0.4 is 19.6 Å². The molecule has 1 unspecified atom stereocenters.